The number of anilines is 1. The van der Waals surface area contributed by atoms with E-state index in [9.17, 15) is 4.79 Å². The van der Waals surface area contributed by atoms with Crippen LogP contribution in [-0.4, -0.2) is 15.7 Å². The maximum Gasteiger partial charge on any atom is 0.228 e. The topological polar surface area (TPSA) is 46.9 Å². The van der Waals surface area contributed by atoms with Gasteiger partial charge >= 0.3 is 0 Å². The van der Waals surface area contributed by atoms with Crippen LogP contribution in [0.1, 0.15) is 23.6 Å². The highest BCUT2D eigenvalue weighted by Crippen LogP contribution is 2.47. The summed E-state index contributed by atoms with van der Waals surface area (Å²) in [5.74, 6) is 0.574. The molecule has 1 heterocycles. The molecule has 1 amide bonds. The molecular weight excluding hydrogens is 238 g/mol. The highest BCUT2D eigenvalue weighted by atomic mass is 16.2. The third kappa shape index (κ3) is 2.38. The van der Waals surface area contributed by atoms with E-state index >= 15 is 0 Å². The molecule has 0 radical (unpaired) electrons. The number of carbonyl (C=O) groups excluding carboxylic acids is 1. The summed E-state index contributed by atoms with van der Waals surface area (Å²) in [6, 6.07) is 10.2. The first-order chi connectivity index (χ1) is 9.15. The monoisotopic (exact) mass is 255 g/mol. The average Bonchev–Trinajstić information content (AvgIpc) is 3.13. The first-order valence-electron chi connectivity index (χ1n) is 6.51. The third-order valence-electron chi connectivity index (χ3n) is 3.63. The quantitative estimate of drug-likeness (QED) is 0.915. The Morgan fingerprint density at radius 1 is 1.37 bits per heavy atom. The predicted octanol–water partition coefficient (Wildman–Crippen LogP) is 2.47. The highest BCUT2D eigenvalue weighted by molar-refractivity contribution is 5.95. The summed E-state index contributed by atoms with van der Waals surface area (Å²) in [6.45, 7) is 1.90. The van der Waals surface area contributed by atoms with Crippen LogP contribution >= 0.6 is 0 Å². The van der Waals surface area contributed by atoms with E-state index in [0.29, 0.717) is 5.92 Å². The van der Waals surface area contributed by atoms with E-state index in [-0.39, 0.29) is 11.8 Å². The number of amides is 1. The molecule has 1 aromatic heterocycles. The van der Waals surface area contributed by atoms with Gasteiger partial charge in [0.25, 0.3) is 0 Å². The van der Waals surface area contributed by atoms with Crippen molar-refractivity contribution in [2.45, 2.75) is 19.3 Å². The van der Waals surface area contributed by atoms with Gasteiger partial charge in [-0.3, -0.25) is 9.48 Å². The third-order valence-corrected chi connectivity index (χ3v) is 3.63. The Bertz CT molecular complexity index is 603. The fraction of sp³-hybridized carbons (Fsp3) is 0.333. The van der Waals surface area contributed by atoms with Crippen LogP contribution in [0, 0.1) is 12.8 Å². The van der Waals surface area contributed by atoms with Crippen molar-refractivity contribution in [2.75, 3.05) is 5.32 Å². The van der Waals surface area contributed by atoms with Crippen LogP contribution < -0.4 is 5.32 Å². The second kappa shape index (κ2) is 4.53. The van der Waals surface area contributed by atoms with E-state index < -0.39 is 0 Å². The van der Waals surface area contributed by atoms with Crippen LogP contribution in [0.4, 0.5) is 5.69 Å². The summed E-state index contributed by atoms with van der Waals surface area (Å²) < 4.78 is 1.71. The fourth-order valence-corrected chi connectivity index (χ4v) is 2.50. The van der Waals surface area contributed by atoms with E-state index in [1.807, 2.05) is 38.4 Å². The second-order valence-corrected chi connectivity index (χ2v) is 5.15. The molecule has 0 unspecified atom stereocenters. The molecule has 2 atom stereocenters. The van der Waals surface area contributed by atoms with Crippen LogP contribution in [0.5, 0.6) is 0 Å². The minimum absolute atomic E-state index is 0.0991. The summed E-state index contributed by atoms with van der Waals surface area (Å²) >= 11 is 0. The zero-order chi connectivity index (χ0) is 13.4. The molecule has 0 spiro atoms. The number of aryl methyl sites for hydroxylation is 2. The lowest BCUT2D eigenvalue weighted by atomic mass is 10.1. The van der Waals surface area contributed by atoms with Crippen molar-refractivity contribution in [3.8, 4) is 0 Å². The number of aromatic nitrogens is 2. The van der Waals surface area contributed by atoms with Crippen LogP contribution in [0.2, 0.25) is 0 Å². The van der Waals surface area contributed by atoms with Gasteiger partial charge in [0.1, 0.15) is 0 Å². The van der Waals surface area contributed by atoms with Crippen LogP contribution in [0.25, 0.3) is 0 Å². The summed E-state index contributed by atoms with van der Waals surface area (Å²) in [6.07, 6.45) is 2.78. The Morgan fingerprint density at radius 2 is 2.11 bits per heavy atom. The molecule has 0 saturated heterocycles. The van der Waals surface area contributed by atoms with Crippen LogP contribution in [-0.2, 0) is 11.8 Å². The smallest absolute Gasteiger partial charge is 0.228 e. The molecule has 4 heteroatoms. The van der Waals surface area contributed by atoms with Crippen molar-refractivity contribution in [1.29, 1.82) is 0 Å². The van der Waals surface area contributed by atoms with Gasteiger partial charge in [-0.1, -0.05) is 30.3 Å². The fourth-order valence-electron chi connectivity index (χ4n) is 2.50. The lowest BCUT2D eigenvalue weighted by Crippen LogP contribution is -2.14. The van der Waals surface area contributed by atoms with E-state index in [0.717, 1.165) is 17.8 Å². The molecule has 1 aliphatic carbocycles. The molecule has 98 valence electrons. The Labute approximate surface area is 112 Å². The number of nitrogens with zero attached hydrogens (tertiary/aromatic N) is 2. The molecule has 0 aliphatic heterocycles. The lowest BCUT2D eigenvalue weighted by Gasteiger charge is -2.03. The Balaban J connectivity index is 1.66. The van der Waals surface area contributed by atoms with Crippen LogP contribution in [0.3, 0.4) is 0 Å². The Kier molecular flexibility index (Phi) is 2.85. The summed E-state index contributed by atoms with van der Waals surface area (Å²) in [5, 5.41) is 7.19. The standard InChI is InChI=1S/C15H17N3O/c1-10-14(9-18(2)17-10)16-15(19)13-8-12(13)11-6-4-3-5-7-11/h3-7,9,12-13H,8H2,1-2H3,(H,16,19)/t12-,13+/m0/s1. The van der Waals surface area contributed by atoms with E-state index in [1.54, 1.807) is 4.68 Å². The summed E-state index contributed by atoms with van der Waals surface area (Å²) in [4.78, 5) is 12.2. The maximum atomic E-state index is 12.2. The van der Waals surface area contributed by atoms with Gasteiger partial charge in [-0.2, -0.15) is 5.10 Å². The van der Waals surface area contributed by atoms with Crippen molar-refractivity contribution >= 4 is 11.6 Å². The second-order valence-electron chi connectivity index (χ2n) is 5.15. The molecule has 1 N–H and O–H groups in total. The van der Waals surface area contributed by atoms with E-state index in [4.69, 9.17) is 0 Å². The minimum Gasteiger partial charge on any atom is -0.323 e. The van der Waals surface area contributed by atoms with E-state index in [1.165, 1.54) is 5.56 Å². The average molecular weight is 255 g/mol. The van der Waals surface area contributed by atoms with Crippen molar-refractivity contribution in [1.82, 2.24) is 9.78 Å². The SMILES string of the molecule is Cc1nn(C)cc1NC(=O)[C@@H]1C[C@H]1c1ccccc1. The number of nitrogens with one attached hydrogen (secondary N) is 1. The molecule has 2 aromatic rings. The lowest BCUT2D eigenvalue weighted by molar-refractivity contribution is -0.117. The predicted molar refractivity (Wildman–Crippen MR) is 73.9 cm³/mol. The Morgan fingerprint density at radius 3 is 2.74 bits per heavy atom. The normalized spacial score (nSPS) is 21.2. The van der Waals surface area contributed by atoms with E-state index in [2.05, 4.69) is 22.5 Å². The van der Waals surface area contributed by atoms with Crippen molar-refractivity contribution in [2.24, 2.45) is 13.0 Å². The number of hydrogen-bond acceptors (Lipinski definition) is 2. The maximum absolute atomic E-state index is 12.2. The van der Waals surface area contributed by atoms with Crippen molar-refractivity contribution < 1.29 is 4.79 Å². The molecule has 3 rings (SSSR count). The number of carbonyl (C=O) groups is 1. The van der Waals surface area contributed by atoms with Crippen LogP contribution in [0.15, 0.2) is 36.5 Å². The molecular formula is C15H17N3O. The van der Waals surface area contributed by atoms with Gasteiger partial charge in [-0.05, 0) is 24.8 Å². The molecule has 0 bridgehead atoms. The van der Waals surface area contributed by atoms with Crippen molar-refractivity contribution in [3.05, 3.63) is 47.8 Å². The van der Waals surface area contributed by atoms with Gasteiger partial charge in [-0.15, -0.1) is 0 Å². The van der Waals surface area contributed by atoms with Crippen molar-refractivity contribution in [3.63, 3.8) is 0 Å². The number of rotatable bonds is 3. The van der Waals surface area contributed by atoms with Gasteiger partial charge in [0.15, 0.2) is 0 Å². The van der Waals surface area contributed by atoms with Gasteiger partial charge < -0.3 is 5.32 Å². The molecule has 4 nitrogen and oxygen atoms in total. The van der Waals surface area contributed by atoms with Gasteiger partial charge in [0, 0.05) is 19.2 Å². The number of benzene rings is 1. The zero-order valence-electron chi connectivity index (χ0n) is 11.1. The highest BCUT2D eigenvalue weighted by Gasteiger charge is 2.43. The number of hydrogen-bond donors (Lipinski definition) is 1. The first kappa shape index (κ1) is 12.0. The molecule has 1 fully saturated rings. The first-order valence-corrected chi connectivity index (χ1v) is 6.51. The summed E-state index contributed by atoms with van der Waals surface area (Å²) in [5.41, 5.74) is 2.92. The largest absolute Gasteiger partial charge is 0.323 e. The zero-order valence-corrected chi connectivity index (χ0v) is 11.1. The minimum atomic E-state index is 0.0991. The van der Waals surface area contributed by atoms with Gasteiger partial charge in [0.05, 0.1) is 11.4 Å². The molecule has 1 aromatic carbocycles. The molecule has 1 aliphatic rings. The van der Waals surface area contributed by atoms with Gasteiger partial charge in [0.2, 0.25) is 5.91 Å². The summed E-state index contributed by atoms with van der Waals surface area (Å²) in [7, 11) is 1.85. The Hall–Kier alpha value is -2.10. The van der Waals surface area contributed by atoms with Gasteiger partial charge in [-0.25, -0.2) is 0 Å². The molecule has 1 saturated carbocycles. The molecule has 19 heavy (non-hydrogen) atoms.